The molecule has 0 amide bonds. The van der Waals surface area contributed by atoms with Gasteiger partial charge >= 0.3 is 17.9 Å². The van der Waals surface area contributed by atoms with Gasteiger partial charge in [0.15, 0.2) is 12.1 Å². The molecule has 2 unspecified atom stereocenters. The Hall–Kier alpha value is -2.71. The van der Waals surface area contributed by atoms with Gasteiger partial charge in [0.05, 0.1) is 34.4 Å². The number of rotatable bonds is 51. The predicted octanol–water partition coefficient (Wildman–Crippen LogP) is 16.7. The molecule has 0 heterocycles. The summed E-state index contributed by atoms with van der Waals surface area (Å²) in [5, 5.41) is 9.67. The van der Waals surface area contributed by atoms with Crippen LogP contribution in [0.2, 0.25) is 0 Å². The quantitative estimate of drug-likeness (QED) is 0.0281. The van der Waals surface area contributed by atoms with Crippen molar-refractivity contribution in [2.45, 2.75) is 270 Å². The lowest BCUT2D eigenvalue weighted by atomic mass is 10.0. The summed E-state index contributed by atoms with van der Waals surface area (Å²) in [5.74, 6) is -1.48. The normalized spacial score (nSPS) is 13.1. The fraction of sp³-hybridized carbons (Fsp3) is 0.814. The maximum absolute atomic E-state index is 12.8. The van der Waals surface area contributed by atoms with Gasteiger partial charge in [-0.25, -0.2) is 4.79 Å². The Morgan fingerprint density at radius 2 is 0.791 bits per heavy atom. The van der Waals surface area contributed by atoms with E-state index in [-0.39, 0.29) is 36.2 Å². The molecule has 8 nitrogen and oxygen atoms in total. The van der Waals surface area contributed by atoms with Crippen molar-refractivity contribution in [1.82, 2.24) is 0 Å². The summed E-state index contributed by atoms with van der Waals surface area (Å²) in [6, 6.07) is -0.619. The molecule has 2 atom stereocenters. The van der Waals surface area contributed by atoms with Crippen LogP contribution in [0.1, 0.15) is 258 Å². The molecule has 67 heavy (non-hydrogen) atoms. The highest BCUT2D eigenvalue weighted by molar-refractivity contribution is 5.72. The first-order valence-electron chi connectivity index (χ1n) is 28.2. The second-order valence-corrected chi connectivity index (χ2v) is 20.2. The molecule has 0 saturated heterocycles. The first-order valence-corrected chi connectivity index (χ1v) is 28.2. The van der Waals surface area contributed by atoms with Crippen molar-refractivity contribution in [3.8, 4) is 0 Å². The lowest BCUT2D eigenvalue weighted by molar-refractivity contribution is -0.887. The highest BCUT2D eigenvalue weighted by atomic mass is 16.6. The second kappa shape index (κ2) is 49.7. The molecule has 0 aliphatic heterocycles. The third-order valence-corrected chi connectivity index (χ3v) is 12.7. The van der Waals surface area contributed by atoms with Crippen molar-refractivity contribution in [2.24, 2.45) is 0 Å². The zero-order valence-corrected chi connectivity index (χ0v) is 44.6. The molecule has 0 spiro atoms. The van der Waals surface area contributed by atoms with Crippen LogP contribution in [0.15, 0.2) is 48.6 Å². The highest BCUT2D eigenvalue weighted by Crippen LogP contribution is 2.17. The van der Waals surface area contributed by atoms with Gasteiger partial charge in [0.1, 0.15) is 6.61 Å². The second-order valence-electron chi connectivity index (χ2n) is 20.2. The molecule has 1 N–H and O–H groups in total. The van der Waals surface area contributed by atoms with Crippen LogP contribution >= 0.6 is 0 Å². The number of unbranched alkanes of at least 4 members (excludes halogenated alkanes) is 29. The minimum absolute atomic E-state index is 0.0549. The molecule has 390 valence electrons. The van der Waals surface area contributed by atoms with Gasteiger partial charge in [-0.1, -0.05) is 229 Å². The van der Waals surface area contributed by atoms with Gasteiger partial charge in [-0.15, -0.1) is 0 Å². The fourth-order valence-corrected chi connectivity index (χ4v) is 8.37. The van der Waals surface area contributed by atoms with Gasteiger partial charge in [0.25, 0.3) is 0 Å². The summed E-state index contributed by atoms with van der Waals surface area (Å²) >= 11 is 0. The van der Waals surface area contributed by atoms with Crippen LogP contribution in [0.25, 0.3) is 0 Å². The van der Waals surface area contributed by atoms with Gasteiger partial charge in [-0.3, -0.25) is 9.59 Å². The van der Waals surface area contributed by atoms with Gasteiger partial charge < -0.3 is 23.8 Å². The number of hydrogen-bond donors (Lipinski definition) is 1. The smallest absolute Gasteiger partial charge is 0.362 e. The number of allylic oxidation sites excluding steroid dienone is 8. The maximum atomic E-state index is 12.8. The first-order chi connectivity index (χ1) is 32.6. The van der Waals surface area contributed by atoms with Crippen LogP contribution in [0.3, 0.4) is 0 Å². The Labute approximate surface area is 414 Å². The van der Waals surface area contributed by atoms with Crippen molar-refractivity contribution >= 4 is 17.9 Å². The lowest BCUT2D eigenvalue weighted by Crippen LogP contribution is -2.50. The maximum Gasteiger partial charge on any atom is 0.362 e. The molecule has 0 aromatic rings. The number of ether oxygens (including phenoxy) is 3. The Morgan fingerprint density at radius 3 is 1.19 bits per heavy atom. The molecular weight excluding hydrogens is 835 g/mol. The molecule has 8 heteroatoms. The molecule has 0 aromatic carbocycles. The topological polar surface area (TPSA) is 99.1 Å². The number of hydrogen-bond acceptors (Lipinski definition) is 6. The van der Waals surface area contributed by atoms with Crippen molar-refractivity contribution < 1.29 is 38.2 Å². The highest BCUT2D eigenvalue weighted by Gasteiger charge is 2.31. The number of aliphatic carboxylic acids is 1. The molecule has 0 aliphatic carbocycles. The van der Waals surface area contributed by atoms with E-state index in [0.717, 1.165) is 77.0 Å². The van der Waals surface area contributed by atoms with Crippen molar-refractivity contribution in [1.29, 1.82) is 0 Å². The van der Waals surface area contributed by atoms with Crippen LogP contribution < -0.4 is 0 Å². The van der Waals surface area contributed by atoms with Gasteiger partial charge in [-0.05, 0) is 57.8 Å². The molecule has 0 aromatic heterocycles. The van der Waals surface area contributed by atoms with Crippen LogP contribution in [-0.4, -0.2) is 80.6 Å². The summed E-state index contributed by atoms with van der Waals surface area (Å²) in [4.78, 5) is 37.3. The third-order valence-electron chi connectivity index (χ3n) is 12.7. The molecule has 0 saturated carbocycles. The van der Waals surface area contributed by atoms with E-state index in [1.165, 1.54) is 148 Å². The number of carbonyl (C=O) groups excluding carboxylic acids is 2. The summed E-state index contributed by atoms with van der Waals surface area (Å²) < 4.78 is 17.4. The monoisotopic (exact) mass is 943 g/mol. The van der Waals surface area contributed by atoms with Crippen molar-refractivity contribution in [3.63, 3.8) is 0 Å². The van der Waals surface area contributed by atoms with Crippen LogP contribution in [0.4, 0.5) is 0 Å². The average Bonchev–Trinajstić information content (AvgIpc) is 3.29. The number of likely N-dealkylation sites (N-methyl/N-ethyl adjacent to an activating group) is 1. The molecule has 0 radical (unpaired) electrons. The Morgan fingerprint density at radius 1 is 0.448 bits per heavy atom. The van der Waals surface area contributed by atoms with Gasteiger partial charge in [0, 0.05) is 19.3 Å². The zero-order valence-electron chi connectivity index (χ0n) is 44.6. The predicted molar refractivity (Wildman–Crippen MR) is 284 cm³/mol. The molecule has 0 bridgehead atoms. The fourth-order valence-electron chi connectivity index (χ4n) is 8.37. The number of carboxylic acid groups (broad SMARTS) is 1. The number of carboxylic acids is 1. The van der Waals surface area contributed by atoms with E-state index < -0.39 is 18.1 Å². The third kappa shape index (κ3) is 48.1. The van der Waals surface area contributed by atoms with Crippen molar-refractivity contribution in [2.75, 3.05) is 41.0 Å². The summed E-state index contributed by atoms with van der Waals surface area (Å²) in [7, 11) is 5.54. The standard InChI is InChI=1S/C59H107NO7/c1-6-8-10-12-14-16-18-20-22-24-26-28-30-31-33-35-37-39-41-43-45-47-49-57(61)66-54-55(53-65-52-51-56(59(63)64)60(3,4)5)67-58(62)50-48-46-44-42-40-38-36-34-32-29-27-25-23-21-19-17-15-13-11-9-7-2/h15,17,21,23,27,29,34,36,55-56H,6-14,16,18-20,22,24-26,28,30-33,35,37-54H2,1-5H3/p+1/b17-15+,23-21+,29-27+,36-34+. The number of carbonyl (C=O) groups is 3. The van der Waals surface area contributed by atoms with E-state index in [2.05, 4.69) is 62.5 Å². The van der Waals surface area contributed by atoms with Crippen LogP contribution in [0, 0.1) is 0 Å². The van der Waals surface area contributed by atoms with E-state index in [1.807, 2.05) is 21.1 Å². The number of nitrogens with zero attached hydrogens (tertiary/aromatic N) is 1. The van der Waals surface area contributed by atoms with Crippen molar-refractivity contribution in [3.05, 3.63) is 48.6 Å². The minimum atomic E-state index is -0.876. The van der Waals surface area contributed by atoms with Crippen LogP contribution in [0.5, 0.6) is 0 Å². The molecular formula is C59H108NO7+. The minimum Gasteiger partial charge on any atom is -0.477 e. The van der Waals surface area contributed by atoms with Gasteiger partial charge in [0.2, 0.25) is 0 Å². The first kappa shape index (κ1) is 64.3. The molecule has 0 rings (SSSR count). The van der Waals surface area contributed by atoms with Crippen LogP contribution in [-0.2, 0) is 28.6 Å². The van der Waals surface area contributed by atoms with E-state index in [0.29, 0.717) is 19.3 Å². The molecule has 0 fully saturated rings. The molecule has 0 aliphatic rings. The SMILES string of the molecule is CCCCC/C=C/C/C=C/C/C=C/C/C=C/CCCCCCCC(=O)OC(COCCC(C(=O)O)[N+](C)(C)C)COC(=O)CCCCCCCCCCCCCCCCCCCCCCCC. The Balaban J connectivity index is 4.21. The largest absolute Gasteiger partial charge is 0.477 e. The van der Waals surface area contributed by atoms with E-state index in [1.54, 1.807) is 0 Å². The van der Waals surface area contributed by atoms with E-state index in [9.17, 15) is 19.5 Å². The number of esters is 2. The average molecular weight is 944 g/mol. The number of quaternary nitrogens is 1. The zero-order chi connectivity index (χ0) is 49.2. The lowest BCUT2D eigenvalue weighted by Gasteiger charge is -2.31. The summed E-state index contributed by atoms with van der Waals surface area (Å²) in [6.07, 6.45) is 61.7. The van der Waals surface area contributed by atoms with Gasteiger partial charge in [-0.2, -0.15) is 0 Å². The Kier molecular flexibility index (Phi) is 47.7. The Bertz CT molecular complexity index is 1230. The van der Waals surface area contributed by atoms with E-state index >= 15 is 0 Å². The summed E-state index contributed by atoms with van der Waals surface area (Å²) in [6.45, 7) is 4.73. The summed E-state index contributed by atoms with van der Waals surface area (Å²) in [5.41, 5.74) is 0. The van der Waals surface area contributed by atoms with E-state index in [4.69, 9.17) is 14.2 Å².